The lowest BCUT2D eigenvalue weighted by Crippen LogP contribution is -2.87. The standard InChI is InChI=1S/C22H31N3O3S/c1-5-25(6-2)29(27,28)21-14-12-20(13-15-21)17(3)23-16-22(26)24-18(4)19-10-8-7-9-11-19/h7-15,17-18,23H,5-6,16H2,1-4H3,(H,24,26)/p+1/t17-,18+/m1/s1. The van der Waals surface area contributed by atoms with E-state index in [0.717, 1.165) is 11.1 Å². The van der Waals surface area contributed by atoms with Crippen molar-refractivity contribution >= 4 is 15.9 Å². The van der Waals surface area contributed by atoms with Crippen molar-refractivity contribution in [1.29, 1.82) is 0 Å². The third-order valence-electron chi connectivity index (χ3n) is 5.08. The summed E-state index contributed by atoms with van der Waals surface area (Å²) in [7, 11) is -3.45. The molecule has 0 bridgehead atoms. The average molecular weight is 419 g/mol. The molecule has 3 N–H and O–H groups in total. The van der Waals surface area contributed by atoms with Crippen molar-refractivity contribution in [1.82, 2.24) is 9.62 Å². The molecule has 1 amide bonds. The maximum absolute atomic E-state index is 12.6. The molecule has 0 heterocycles. The number of nitrogens with two attached hydrogens (primary N) is 1. The third-order valence-corrected chi connectivity index (χ3v) is 7.15. The van der Waals surface area contributed by atoms with Crippen LogP contribution in [0.5, 0.6) is 0 Å². The first kappa shape index (κ1) is 23.1. The van der Waals surface area contributed by atoms with E-state index in [1.807, 2.05) is 75.5 Å². The van der Waals surface area contributed by atoms with Crippen LogP contribution in [0.4, 0.5) is 0 Å². The zero-order valence-corrected chi connectivity index (χ0v) is 18.4. The molecule has 6 nitrogen and oxygen atoms in total. The van der Waals surface area contributed by atoms with Crippen LogP contribution in [0.2, 0.25) is 0 Å². The number of rotatable bonds is 10. The van der Waals surface area contributed by atoms with Crippen LogP contribution in [0.1, 0.15) is 50.9 Å². The zero-order chi connectivity index (χ0) is 21.4. The summed E-state index contributed by atoms with van der Waals surface area (Å²) in [6.45, 7) is 8.82. The molecule has 0 saturated carbocycles. The molecule has 0 unspecified atom stereocenters. The molecule has 0 aliphatic heterocycles. The first-order chi connectivity index (χ1) is 13.8. The summed E-state index contributed by atoms with van der Waals surface area (Å²) in [5, 5.41) is 4.95. The van der Waals surface area contributed by atoms with E-state index in [1.54, 1.807) is 12.1 Å². The molecule has 2 rings (SSSR count). The van der Waals surface area contributed by atoms with Crippen molar-refractivity contribution in [2.75, 3.05) is 19.6 Å². The second kappa shape index (κ2) is 10.5. The van der Waals surface area contributed by atoms with Gasteiger partial charge in [0.1, 0.15) is 6.04 Å². The molecule has 0 fully saturated rings. The number of nitrogens with one attached hydrogen (secondary N) is 1. The third kappa shape index (κ3) is 6.13. The number of sulfonamides is 1. The van der Waals surface area contributed by atoms with Gasteiger partial charge in [0.05, 0.1) is 10.9 Å². The summed E-state index contributed by atoms with van der Waals surface area (Å²) in [6, 6.07) is 16.8. The SMILES string of the molecule is CCN(CC)S(=O)(=O)c1ccc([C@@H](C)[NH2+]CC(=O)N[C@@H](C)c2ccccc2)cc1. The number of quaternary nitrogens is 1. The maximum Gasteiger partial charge on any atom is 0.275 e. The Morgan fingerprint density at radius 2 is 1.55 bits per heavy atom. The summed E-state index contributed by atoms with van der Waals surface area (Å²) in [5.74, 6) is -0.0334. The lowest BCUT2D eigenvalue weighted by molar-refractivity contribution is -0.682. The second-order valence-electron chi connectivity index (χ2n) is 7.09. The van der Waals surface area contributed by atoms with Gasteiger partial charge in [-0.15, -0.1) is 0 Å². The summed E-state index contributed by atoms with van der Waals surface area (Å²) < 4.78 is 26.6. The number of benzene rings is 2. The largest absolute Gasteiger partial charge is 0.345 e. The van der Waals surface area contributed by atoms with Gasteiger partial charge in [-0.3, -0.25) is 4.79 Å². The molecule has 2 aromatic carbocycles. The minimum absolute atomic E-state index is 0.0334. The zero-order valence-electron chi connectivity index (χ0n) is 17.6. The Morgan fingerprint density at radius 1 is 0.966 bits per heavy atom. The lowest BCUT2D eigenvalue weighted by atomic mass is 10.1. The molecule has 158 valence electrons. The molecular formula is C22H32N3O3S+. The number of carbonyl (C=O) groups excluding carboxylic acids is 1. The lowest BCUT2D eigenvalue weighted by Gasteiger charge is -2.19. The van der Waals surface area contributed by atoms with E-state index in [9.17, 15) is 13.2 Å². The summed E-state index contributed by atoms with van der Waals surface area (Å²) in [4.78, 5) is 12.6. The fraction of sp³-hybridized carbons (Fsp3) is 0.409. The van der Waals surface area contributed by atoms with E-state index in [2.05, 4.69) is 5.32 Å². The van der Waals surface area contributed by atoms with Crippen LogP contribution in [0.3, 0.4) is 0 Å². The van der Waals surface area contributed by atoms with Crippen LogP contribution < -0.4 is 10.6 Å². The Labute approximate surface area is 174 Å². The van der Waals surface area contributed by atoms with Crippen molar-refractivity contribution < 1.29 is 18.5 Å². The normalized spacial score (nSPS) is 13.8. The molecule has 29 heavy (non-hydrogen) atoms. The predicted molar refractivity (Wildman–Crippen MR) is 115 cm³/mol. The molecule has 7 heteroatoms. The quantitative estimate of drug-likeness (QED) is 0.621. The molecule has 0 aliphatic carbocycles. The Kier molecular flexibility index (Phi) is 8.37. The molecule has 2 atom stereocenters. The van der Waals surface area contributed by atoms with Crippen LogP contribution in [-0.4, -0.2) is 38.3 Å². The van der Waals surface area contributed by atoms with Crippen molar-refractivity contribution in [3.63, 3.8) is 0 Å². The van der Waals surface area contributed by atoms with Gasteiger partial charge in [0, 0.05) is 18.7 Å². The molecule has 2 aromatic rings. The molecular weight excluding hydrogens is 386 g/mol. The first-order valence-electron chi connectivity index (χ1n) is 10.1. The topological polar surface area (TPSA) is 83.1 Å². The highest BCUT2D eigenvalue weighted by Crippen LogP contribution is 2.18. The number of hydrogen-bond acceptors (Lipinski definition) is 3. The molecule has 0 aliphatic rings. The van der Waals surface area contributed by atoms with Gasteiger partial charge in [0.15, 0.2) is 6.54 Å². The number of carbonyl (C=O) groups is 1. The van der Waals surface area contributed by atoms with Gasteiger partial charge in [0.25, 0.3) is 5.91 Å². The van der Waals surface area contributed by atoms with Crippen LogP contribution in [0.25, 0.3) is 0 Å². The average Bonchev–Trinajstić information content (AvgIpc) is 2.73. The van der Waals surface area contributed by atoms with Crippen molar-refractivity contribution in [2.24, 2.45) is 0 Å². The molecule has 0 spiro atoms. The van der Waals surface area contributed by atoms with E-state index in [0.29, 0.717) is 24.5 Å². The second-order valence-corrected chi connectivity index (χ2v) is 9.02. The molecule has 0 radical (unpaired) electrons. The first-order valence-corrected chi connectivity index (χ1v) is 11.5. The van der Waals surface area contributed by atoms with Gasteiger partial charge in [0.2, 0.25) is 10.0 Å². The van der Waals surface area contributed by atoms with E-state index in [4.69, 9.17) is 0 Å². The Balaban J connectivity index is 1.92. The van der Waals surface area contributed by atoms with Crippen LogP contribution in [-0.2, 0) is 14.8 Å². The molecule has 0 saturated heterocycles. The Bertz CT molecular complexity index is 879. The smallest absolute Gasteiger partial charge is 0.275 e. The highest BCUT2D eigenvalue weighted by Gasteiger charge is 2.22. The Morgan fingerprint density at radius 3 is 2.10 bits per heavy atom. The van der Waals surface area contributed by atoms with Crippen molar-refractivity contribution in [3.8, 4) is 0 Å². The molecule has 0 aromatic heterocycles. The van der Waals surface area contributed by atoms with E-state index in [-0.39, 0.29) is 18.0 Å². The van der Waals surface area contributed by atoms with Crippen molar-refractivity contribution in [3.05, 3.63) is 65.7 Å². The van der Waals surface area contributed by atoms with Gasteiger partial charge in [-0.1, -0.05) is 56.3 Å². The van der Waals surface area contributed by atoms with Crippen molar-refractivity contribution in [2.45, 2.75) is 44.7 Å². The number of amides is 1. The van der Waals surface area contributed by atoms with Crippen LogP contribution in [0.15, 0.2) is 59.5 Å². The minimum atomic E-state index is -3.45. The summed E-state index contributed by atoms with van der Waals surface area (Å²) in [5.41, 5.74) is 2.05. The number of nitrogens with zero attached hydrogens (tertiary/aromatic N) is 1. The monoisotopic (exact) mass is 418 g/mol. The van der Waals surface area contributed by atoms with Crippen LogP contribution in [0, 0.1) is 0 Å². The number of hydrogen-bond donors (Lipinski definition) is 2. The highest BCUT2D eigenvalue weighted by molar-refractivity contribution is 7.89. The van der Waals surface area contributed by atoms with Gasteiger partial charge in [-0.2, -0.15) is 4.31 Å². The minimum Gasteiger partial charge on any atom is -0.345 e. The van der Waals surface area contributed by atoms with Gasteiger partial charge < -0.3 is 10.6 Å². The van der Waals surface area contributed by atoms with Crippen LogP contribution >= 0.6 is 0 Å². The fourth-order valence-electron chi connectivity index (χ4n) is 3.20. The predicted octanol–water partition coefficient (Wildman–Crippen LogP) is 2.22. The van der Waals surface area contributed by atoms with E-state index < -0.39 is 10.0 Å². The van der Waals surface area contributed by atoms with Gasteiger partial charge in [-0.05, 0) is 31.5 Å². The van der Waals surface area contributed by atoms with E-state index >= 15 is 0 Å². The van der Waals surface area contributed by atoms with Gasteiger partial charge >= 0.3 is 0 Å². The summed E-state index contributed by atoms with van der Waals surface area (Å²) in [6.07, 6.45) is 0. The maximum atomic E-state index is 12.6. The Hall–Kier alpha value is -2.22. The summed E-state index contributed by atoms with van der Waals surface area (Å²) >= 11 is 0. The fourth-order valence-corrected chi connectivity index (χ4v) is 4.66. The van der Waals surface area contributed by atoms with Gasteiger partial charge in [-0.25, -0.2) is 8.42 Å². The van der Waals surface area contributed by atoms with E-state index in [1.165, 1.54) is 4.31 Å². The highest BCUT2D eigenvalue weighted by atomic mass is 32.2.